The monoisotopic (exact) mass is 264 g/mol. The number of hydrogen-bond donors (Lipinski definition) is 2. The van der Waals surface area contributed by atoms with Crippen molar-refractivity contribution in [2.45, 2.75) is 39.7 Å². The van der Waals surface area contributed by atoms with Crippen LogP contribution in [0.3, 0.4) is 0 Å². The van der Waals surface area contributed by atoms with Gasteiger partial charge in [0.25, 0.3) is 10.2 Å². The maximum Gasteiger partial charge on any atom is 0.309 e. The highest BCUT2D eigenvalue weighted by molar-refractivity contribution is 7.87. The fraction of sp³-hybridized carbons (Fsp3) is 0.900. The second kappa shape index (κ2) is 4.91. The van der Waals surface area contributed by atoms with Crippen molar-refractivity contribution in [1.29, 1.82) is 0 Å². The molecule has 6 nitrogen and oxygen atoms in total. The summed E-state index contributed by atoms with van der Waals surface area (Å²) in [5.74, 6) is -0.855. The highest BCUT2D eigenvalue weighted by atomic mass is 32.2. The van der Waals surface area contributed by atoms with E-state index < -0.39 is 21.6 Å². The van der Waals surface area contributed by atoms with Crippen LogP contribution in [0.5, 0.6) is 0 Å². The lowest BCUT2D eigenvalue weighted by atomic mass is 9.81. The third-order valence-electron chi connectivity index (χ3n) is 3.07. The van der Waals surface area contributed by atoms with E-state index in [1.807, 2.05) is 0 Å². The van der Waals surface area contributed by atoms with E-state index in [2.05, 4.69) is 4.72 Å². The van der Waals surface area contributed by atoms with E-state index in [9.17, 15) is 13.2 Å². The Bertz CT molecular complexity index is 383. The summed E-state index contributed by atoms with van der Waals surface area (Å²) in [6.45, 7) is 5.68. The smallest absolute Gasteiger partial charge is 0.309 e. The number of carboxylic acid groups (broad SMARTS) is 1. The summed E-state index contributed by atoms with van der Waals surface area (Å²) in [6.07, 6.45) is 0.697. The molecule has 100 valence electrons. The van der Waals surface area contributed by atoms with E-state index in [0.717, 1.165) is 0 Å². The fourth-order valence-corrected chi connectivity index (χ4v) is 3.21. The Hall–Kier alpha value is -0.660. The summed E-state index contributed by atoms with van der Waals surface area (Å²) in [7, 11) is -3.47. The molecule has 1 heterocycles. The molecule has 0 amide bonds. The van der Waals surface area contributed by atoms with Crippen LogP contribution in [0.1, 0.15) is 33.6 Å². The number of piperidine rings is 1. The van der Waals surface area contributed by atoms with Crippen LogP contribution in [0.15, 0.2) is 0 Å². The van der Waals surface area contributed by atoms with Crippen molar-refractivity contribution < 1.29 is 18.3 Å². The number of carboxylic acids is 1. The molecule has 0 aliphatic carbocycles. The minimum Gasteiger partial charge on any atom is -0.481 e. The maximum absolute atomic E-state index is 11.8. The van der Waals surface area contributed by atoms with Crippen LogP contribution >= 0.6 is 0 Å². The van der Waals surface area contributed by atoms with E-state index in [1.165, 1.54) is 4.31 Å². The SMILES string of the molecule is CC(C)NS(=O)(=O)N1CCC(C)(C(=O)O)CC1. The van der Waals surface area contributed by atoms with E-state index in [1.54, 1.807) is 20.8 Å². The lowest BCUT2D eigenvalue weighted by molar-refractivity contribution is -0.150. The molecule has 7 heteroatoms. The Morgan fingerprint density at radius 1 is 1.35 bits per heavy atom. The predicted octanol–water partition coefficient (Wildman–Crippen LogP) is 0.416. The second-order valence-corrected chi connectivity index (χ2v) is 6.74. The van der Waals surface area contributed by atoms with Crippen molar-refractivity contribution in [1.82, 2.24) is 9.03 Å². The standard InChI is InChI=1S/C10H20N2O4S/c1-8(2)11-17(15,16)12-6-4-10(3,5-7-12)9(13)14/h8,11H,4-7H2,1-3H3,(H,13,14). The van der Waals surface area contributed by atoms with Gasteiger partial charge in [-0.05, 0) is 33.6 Å². The first-order valence-electron chi connectivity index (χ1n) is 5.68. The van der Waals surface area contributed by atoms with Gasteiger partial charge in [0.1, 0.15) is 0 Å². The quantitative estimate of drug-likeness (QED) is 0.770. The molecule has 2 N–H and O–H groups in total. The highest BCUT2D eigenvalue weighted by Gasteiger charge is 2.39. The van der Waals surface area contributed by atoms with Crippen LogP contribution < -0.4 is 4.72 Å². The number of carbonyl (C=O) groups is 1. The predicted molar refractivity (Wildman–Crippen MR) is 63.7 cm³/mol. The van der Waals surface area contributed by atoms with E-state index in [-0.39, 0.29) is 19.1 Å². The molecule has 0 spiro atoms. The molecule has 0 saturated carbocycles. The summed E-state index contributed by atoms with van der Waals surface area (Å²) in [5, 5.41) is 9.05. The van der Waals surface area contributed by atoms with Gasteiger partial charge in [0.05, 0.1) is 5.41 Å². The van der Waals surface area contributed by atoms with Gasteiger partial charge in [-0.25, -0.2) is 0 Å². The number of nitrogens with one attached hydrogen (secondary N) is 1. The molecule has 0 aromatic carbocycles. The van der Waals surface area contributed by atoms with Gasteiger partial charge >= 0.3 is 5.97 Å². The van der Waals surface area contributed by atoms with Gasteiger partial charge in [0.2, 0.25) is 0 Å². The molecule has 1 aliphatic heterocycles. The Labute approximate surface area is 102 Å². The summed E-state index contributed by atoms with van der Waals surface area (Å²) in [4.78, 5) is 11.0. The Morgan fingerprint density at radius 3 is 2.18 bits per heavy atom. The second-order valence-electron chi connectivity index (χ2n) is 5.04. The zero-order valence-electron chi connectivity index (χ0n) is 10.4. The first kappa shape index (κ1) is 14.4. The zero-order valence-corrected chi connectivity index (χ0v) is 11.2. The van der Waals surface area contributed by atoms with Gasteiger partial charge in [-0.15, -0.1) is 0 Å². The van der Waals surface area contributed by atoms with Gasteiger partial charge in [0, 0.05) is 19.1 Å². The Kier molecular flexibility index (Phi) is 4.16. The summed E-state index contributed by atoms with van der Waals surface area (Å²) >= 11 is 0. The summed E-state index contributed by atoms with van der Waals surface area (Å²) in [6, 6.07) is -0.159. The first-order valence-corrected chi connectivity index (χ1v) is 7.12. The summed E-state index contributed by atoms with van der Waals surface area (Å²) in [5.41, 5.74) is -0.802. The highest BCUT2D eigenvalue weighted by Crippen LogP contribution is 2.31. The first-order chi connectivity index (χ1) is 7.67. The van der Waals surface area contributed by atoms with Gasteiger partial charge in [-0.1, -0.05) is 0 Å². The third-order valence-corrected chi connectivity index (χ3v) is 4.88. The average molecular weight is 264 g/mol. The molecule has 0 aromatic heterocycles. The molecule has 0 unspecified atom stereocenters. The number of hydrogen-bond acceptors (Lipinski definition) is 3. The fourth-order valence-electron chi connectivity index (χ4n) is 1.81. The van der Waals surface area contributed by atoms with Crippen molar-refractivity contribution in [2.24, 2.45) is 5.41 Å². The summed E-state index contributed by atoms with van der Waals surface area (Å²) < 4.78 is 27.5. The van der Waals surface area contributed by atoms with Crippen molar-refractivity contribution in [3.8, 4) is 0 Å². The minimum absolute atomic E-state index is 0.159. The van der Waals surface area contributed by atoms with E-state index in [0.29, 0.717) is 12.8 Å². The van der Waals surface area contributed by atoms with Crippen LogP contribution in [0, 0.1) is 5.41 Å². The number of rotatable bonds is 4. The average Bonchev–Trinajstić information content (AvgIpc) is 2.16. The van der Waals surface area contributed by atoms with Crippen molar-refractivity contribution in [2.75, 3.05) is 13.1 Å². The molecule has 0 bridgehead atoms. The lowest BCUT2D eigenvalue weighted by Gasteiger charge is -2.35. The van der Waals surface area contributed by atoms with Gasteiger partial charge in [-0.3, -0.25) is 4.79 Å². The topological polar surface area (TPSA) is 86.7 Å². The van der Waals surface area contributed by atoms with E-state index >= 15 is 0 Å². The van der Waals surface area contributed by atoms with Crippen molar-refractivity contribution in [3.63, 3.8) is 0 Å². The molecule has 17 heavy (non-hydrogen) atoms. The largest absolute Gasteiger partial charge is 0.481 e. The van der Waals surface area contributed by atoms with Crippen LogP contribution in [0.2, 0.25) is 0 Å². The number of nitrogens with zero attached hydrogens (tertiary/aromatic N) is 1. The number of aliphatic carboxylic acids is 1. The molecule has 1 rings (SSSR count). The van der Waals surface area contributed by atoms with Gasteiger partial charge in [-0.2, -0.15) is 17.4 Å². The van der Waals surface area contributed by atoms with Gasteiger partial charge < -0.3 is 5.11 Å². The van der Waals surface area contributed by atoms with Gasteiger partial charge in [0.15, 0.2) is 0 Å². The van der Waals surface area contributed by atoms with Crippen LogP contribution in [-0.2, 0) is 15.0 Å². The van der Waals surface area contributed by atoms with E-state index in [4.69, 9.17) is 5.11 Å². The molecule has 1 aliphatic rings. The zero-order chi connectivity index (χ0) is 13.3. The molecular formula is C10H20N2O4S. The lowest BCUT2D eigenvalue weighted by Crippen LogP contribution is -2.50. The minimum atomic E-state index is -3.47. The Balaban J connectivity index is 2.67. The van der Waals surface area contributed by atoms with Crippen LogP contribution in [-0.4, -0.2) is 42.9 Å². The molecule has 1 fully saturated rings. The third kappa shape index (κ3) is 3.40. The maximum atomic E-state index is 11.8. The molecule has 0 atom stereocenters. The molecule has 0 aromatic rings. The van der Waals surface area contributed by atoms with Crippen molar-refractivity contribution >= 4 is 16.2 Å². The van der Waals surface area contributed by atoms with Crippen LogP contribution in [0.4, 0.5) is 0 Å². The molecular weight excluding hydrogens is 244 g/mol. The normalized spacial score (nSPS) is 21.6. The Morgan fingerprint density at radius 2 is 1.82 bits per heavy atom. The molecule has 1 saturated heterocycles. The van der Waals surface area contributed by atoms with Crippen molar-refractivity contribution in [3.05, 3.63) is 0 Å². The molecule has 0 radical (unpaired) electrons. The van der Waals surface area contributed by atoms with Crippen LogP contribution in [0.25, 0.3) is 0 Å².